The lowest BCUT2D eigenvalue weighted by Gasteiger charge is -2.17. The minimum Gasteiger partial charge on any atom is -0.256 e. The third-order valence-electron chi connectivity index (χ3n) is 12.9. The topological polar surface area (TPSA) is 64.5 Å². The number of aromatic nitrogens is 5. The van der Waals surface area contributed by atoms with Crippen molar-refractivity contribution in [1.82, 2.24) is 24.9 Å². The molecular formula is C61H37N5. The third-order valence-corrected chi connectivity index (χ3v) is 12.9. The number of pyridine rings is 3. The molecule has 0 radical (unpaired) electrons. The van der Waals surface area contributed by atoms with Crippen molar-refractivity contribution in [1.29, 1.82) is 0 Å². The van der Waals surface area contributed by atoms with Crippen LogP contribution in [0.2, 0.25) is 0 Å². The Morgan fingerprint density at radius 2 is 0.803 bits per heavy atom. The predicted octanol–water partition coefficient (Wildman–Crippen LogP) is 15.6. The van der Waals surface area contributed by atoms with E-state index in [-0.39, 0.29) is 0 Å². The van der Waals surface area contributed by atoms with E-state index in [4.69, 9.17) is 24.9 Å². The number of nitrogens with zero attached hydrogens (tertiary/aromatic N) is 5. The Kier molecular flexibility index (Phi) is 8.78. The molecular weight excluding hydrogens is 803 g/mol. The molecule has 0 amide bonds. The summed E-state index contributed by atoms with van der Waals surface area (Å²) in [6.45, 7) is 0. The van der Waals surface area contributed by atoms with E-state index in [2.05, 4.69) is 200 Å². The lowest BCUT2D eigenvalue weighted by atomic mass is 9.91. The number of benzene rings is 9. The highest BCUT2D eigenvalue weighted by Crippen LogP contribution is 2.42. The molecule has 5 nitrogen and oxygen atoms in total. The predicted molar refractivity (Wildman–Crippen MR) is 273 cm³/mol. The first-order valence-electron chi connectivity index (χ1n) is 22.2. The first-order valence-corrected chi connectivity index (χ1v) is 22.2. The Balaban J connectivity index is 1.03. The normalized spacial score (nSPS) is 11.6. The Bertz CT molecular complexity index is 3900. The first-order chi connectivity index (χ1) is 32.7. The van der Waals surface area contributed by atoms with Crippen LogP contribution in [-0.4, -0.2) is 24.9 Å². The van der Waals surface area contributed by atoms with Gasteiger partial charge in [0.2, 0.25) is 0 Å². The minimum absolute atomic E-state index is 0.642. The molecule has 4 aromatic heterocycles. The van der Waals surface area contributed by atoms with Crippen LogP contribution in [0.4, 0.5) is 0 Å². The van der Waals surface area contributed by atoms with Crippen molar-refractivity contribution in [3.63, 3.8) is 0 Å². The molecule has 0 N–H and O–H groups in total. The molecule has 0 fully saturated rings. The quantitative estimate of drug-likeness (QED) is 0.156. The standard InChI is InChI=1S/C61H37N5/c1-2-12-45-35-46(32-23-38(45)11-1)60-53-36-52(49-17-3-4-18-50(49)57(53)51-19-5-6-22-54(51)64-60)61-65-55(41-28-24-39(25-29-41)47-20-7-13-43-15-9-33-62-58(43)47)37-56(66-61)42-30-26-40(27-31-42)48-21-8-14-44-16-10-34-63-59(44)48/h1-37H. The highest BCUT2D eigenvalue weighted by molar-refractivity contribution is 6.25. The van der Waals surface area contributed by atoms with Crippen molar-refractivity contribution in [3.05, 3.63) is 225 Å². The monoisotopic (exact) mass is 839 g/mol. The van der Waals surface area contributed by atoms with E-state index in [0.717, 1.165) is 116 Å². The van der Waals surface area contributed by atoms with E-state index in [1.807, 2.05) is 24.5 Å². The van der Waals surface area contributed by atoms with E-state index < -0.39 is 0 Å². The molecule has 13 aromatic rings. The second kappa shape index (κ2) is 15.4. The second-order valence-corrected chi connectivity index (χ2v) is 16.8. The average molecular weight is 840 g/mol. The van der Waals surface area contributed by atoms with Crippen LogP contribution in [0.1, 0.15) is 0 Å². The summed E-state index contributed by atoms with van der Waals surface area (Å²) >= 11 is 0. The lowest BCUT2D eigenvalue weighted by Crippen LogP contribution is -1.98. The van der Waals surface area contributed by atoms with Crippen LogP contribution in [0, 0.1) is 0 Å². The van der Waals surface area contributed by atoms with Crippen molar-refractivity contribution in [2.24, 2.45) is 0 Å². The molecule has 0 unspecified atom stereocenters. The molecule has 0 bridgehead atoms. The van der Waals surface area contributed by atoms with Crippen LogP contribution in [-0.2, 0) is 0 Å². The van der Waals surface area contributed by atoms with Crippen LogP contribution < -0.4 is 0 Å². The van der Waals surface area contributed by atoms with E-state index in [1.54, 1.807) is 0 Å². The molecule has 0 spiro atoms. The van der Waals surface area contributed by atoms with Crippen molar-refractivity contribution < 1.29 is 0 Å². The van der Waals surface area contributed by atoms with Gasteiger partial charge < -0.3 is 0 Å². The first kappa shape index (κ1) is 37.6. The summed E-state index contributed by atoms with van der Waals surface area (Å²) < 4.78 is 0. The van der Waals surface area contributed by atoms with Gasteiger partial charge in [-0.3, -0.25) is 9.97 Å². The van der Waals surface area contributed by atoms with Gasteiger partial charge in [-0.25, -0.2) is 15.0 Å². The fraction of sp³-hybridized carbons (Fsp3) is 0. The van der Waals surface area contributed by atoms with Crippen molar-refractivity contribution in [3.8, 4) is 67.4 Å². The SMILES string of the molecule is c1ccc2cc(-c3nc4ccccc4c4c3cc(-c3nc(-c5ccc(-c6cccc7cccnc67)cc5)cc(-c5ccc(-c6cccc7cccnc67)cc5)n3)c3ccccc34)ccc2c1. The molecule has 0 atom stereocenters. The summed E-state index contributed by atoms with van der Waals surface area (Å²) in [6, 6.07) is 74.9. The molecule has 66 heavy (non-hydrogen) atoms. The van der Waals surface area contributed by atoms with Gasteiger partial charge in [-0.1, -0.05) is 176 Å². The third kappa shape index (κ3) is 6.36. The van der Waals surface area contributed by atoms with Crippen LogP contribution >= 0.6 is 0 Å². The average Bonchev–Trinajstić information content (AvgIpc) is 3.39. The second-order valence-electron chi connectivity index (χ2n) is 16.8. The molecule has 4 heterocycles. The van der Waals surface area contributed by atoms with Crippen LogP contribution in [0.25, 0.3) is 132 Å². The number of para-hydroxylation sites is 3. The lowest BCUT2D eigenvalue weighted by molar-refractivity contribution is 1.19. The van der Waals surface area contributed by atoms with Crippen molar-refractivity contribution >= 4 is 65.0 Å². The summed E-state index contributed by atoms with van der Waals surface area (Å²) in [7, 11) is 0. The summed E-state index contributed by atoms with van der Waals surface area (Å²) in [4.78, 5) is 25.8. The zero-order chi connectivity index (χ0) is 43.6. The van der Waals surface area contributed by atoms with Crippen LogP contribution in [0.15, 0.2) is 225 Å². The Labute approximate surface area is 380 Å². The number of rotatable bonds is 6. The van der Waals surface area contributed by atoms with E-state index >= 15 is 0 Å². The minimum atomic E-state index is 0.642. The van der Waals surface area contributed by atoms with Gasteiger partial charge in [0.1, 0.15) is 0 Å². The van der Waals surface area contributed by atoms with E-state index in [0.29, 0.717) is 5.82 Å². The molecule has 0 saturated heterocycles. The molecule has 0 aliphatic carbocycles. The number of hydrogen-bond donors (Lipinski definition) is 0. The Hall–Kier alpha value is -8.93. The zero-order valence-electron chi connectivity index (χ0n) is 35.6. The Morgan fingerprint density at radius 3 is 1.45 bits per heavy atom. The van der Waals surface area contributed by atoms with Gasteiger partial charge in [-0.05, 0) is 69.1 Å². The highest BCUT2D eigenvalue weighted by atomic mass is 14.9. The number of hydrogen-bond acceptors (Lipinski definition) is 5. The molecule has 0 aliphatic heterocycles. The van der Waals surface area contributed by atoms with Gasteiger partial charge in [0.15, 0.2) is 5.82 Å². The van der Waals surface area contributed by atoms with Gasteiger partial charge in [-0.15, -0.1) is 0 Å². The van der Waals surface area contributed by atoms with Crippen molar-refractivity contribution in [2.45, 2.75) is 0 Å². The van der Waals surface area contributed by atoms with Gasteiger partial charge in [0.25, 0.3) is 0 Å². The molecule has 306 valence electrons. The fourth-order valence-corrected chi connectivity index (χ4v) is 9.74. The molecule has 9 aromatic carbocycles. The van der Waals surface area contributed by atoms with Gasteiger partial charge in [0.05, 0.1) is 33.6 Å². The maximum Gasteiger partial charge on any atom is 0.161 e. The van der Waals surface area contributed by atoms with Crippen LogP contribution in [0.3, 0.4) is 0 Å². The molecule has 0 saturated carbocycles. The maximum atomic E-state index is 5.46. The molecule has 0 aliphatic rings. The van der Waals surface area contributed by atoms with Gasteiger partial charge >= 0.3 is 0 Å². The number of fused-ring (bicyclic) bond motifs is 8. The summed E-state index contributed by atoms with van der Waals surface area (Å²) in [5.41, 5.74) is 13.9. The van der Waals surface area contributed by atoms with E-state index in [1.165, 1.54) is 10.8 Å². The van der Waals surface area contributed by atoms with E-state index in [9.17, 15) is 0 Å². The fourth-order valence-electron chi connectivity index (χ4n) is 9.74. The van der Waals surface area contributed by atoms with Gasteiger partial charge in [0, 0.05) is 72.7 Å². The largest absolute Gasteiger partial charge is 0.256 e. The Morgan fingerprint density at radius 1 is 0.288 bits per heavy atom. The van der Waals surface area contributed by atoms with Gasteiger partial charge in [-0.2, -0.15) is 0 Å². The molecule has 5 heteroatoms. The summed E-state index contributed by atoms with van der Waals surface area (Å²) in [5, 5.41) is 10.1. The molecule has 13 rings (SSSR count). The zero-order valence-corrected chi connectivity index (χ0v) is 35.6. The summed E-state index contributed by atoms with van der Waals surface area (Å²) in [5.74, 6) is 0.642. The summed E-state index contributed by atoms with van der Waals surface area (Å²) in [6.07, 6.45) is 3.71. The van der Waals surface area contributed by atoms with Crippen LogP contribution in [0.5, 0.6) is 0 Å². The smallest absolute Gasteiger partial charge is 0.161 e. The maximum absolute atomic E-state index is 5.46. The van der Waals surface area contributed by atoms with Crippen molar-refractivity contribution in [2.75, 3.05) is 0 Å². The highest BCUT2D eigenvalue weighted by Gasteiger charge is 2.20.